The molecule has 1 heterocycles. The van der Waals surface area contributed by atoms with Crippen LogP contribution in [0.15, 0.2) is 41.6 Å². The van der Waals surface area contributed by atoms with Crippen molar-refractivity contribution < 1.29 is 21.6 Å². The summed E-state index contributed by atoms with van der Waals surface area (Å²) in [5, 5.41) is 8.98. The van der Waals surface area contributed by atoms with Gasteiger partial charge in [-0.1, -0.05) is 6.08 Å². The average Bonchev–Trinajstić information content (AvgIpc) is 3.07. The Hall–Kier alpha value is -2.13. The molecular weight excluding hydrogens is 355 g/mol. The van der Waals surface area contributed by atoms with Gasteiger partial charge >= 0.3 is 6.18 Å². The summed E-state index contributed by atoms with van der Waals surface area (Å²) in [7, 11) is -4.39. The van der Waals surface area contributed by atoms with Crippen molar-refractivity contribution in [2.45, 2.75) is 36.8 Å². The number of hydrogen-bond acceptors (Lipinski definition) is 3. The molecule has 134 valence electrons. The van der Waals surface area contributed by atoms with Crippen molar-refractivity contribution in [3.63, 3.8) is 0 Å². The minimum absolute atomic E-state index is 0.229. The lowest BCUT2D eigenvalue weighted by atomic mass is 9.92. The van der Waals surface area contributed by atoms with Gasteiger partial charge in [0.05, 0.1) is 11.3 Å². The molecule has 25 heavy (non-hydrogen) atoms. The molecule has 0 radical (unpaired) electrons. The van der Waals surface area contributed by atoms with E-state index in [4.69, 9.17) is 5.14 Å². The highest BCUT2D eigenvalue weighted by atomic mass is 32.2. The molecule has 5 nitrogen and oxygen atoms in total. The van der Waals surface area contributed by atoms with Crippen molar-refractivity contribution in [3.8, 4) is 5.69 Å². The maximum absolute atomic E-state index is 13.7. The average molecular weight is 371 g/mol. The number of primary sulfonamides is 1. The van der Waals surface area contributed by atoms with Crippen LogP contribution in [0, 0.1) is 0 Å². The van der Waals surface area contributed by atoms with Gasteiger partial charge < -0.3 is 0 Å². The van der Waals surface area contributed by atoms with Crippen LogP contribution in [0.1, 0.15) is 36.8 Å². The first-order valence-corrected chi connectivity index (χ1v) is 9.20. The fraction of sp³-hybridized carbons (Fsp3) is 0.312. The number of nitrogens with two attached hydrogens (primary N) is 1. The predicted octanol–water partition coefficient (Wildman–Crippen LogP) is 3.50. The Morgan fingerprint density at radius 1 is 1.20 bits per heavy atom. The third kappa shape index (κ3) is 3.62. The molecule has 0 unspecified atom stereocenters. The zero-order chi connectivity index (χ0) is 18.2. The molecular formula is C16H16F3N3O2S. The monoisotopic (exact) mass is 371 g/mol. The van der Waals surface area contributed by atoms with Crippen LogP contribution in [0.3, 0.4) is 0 Å². The first-order chi connectivity index (χ1) is 11.7. The fourth-order valence-electron chi connectivity index (χ4n) is 2.96. The maximum Gasteiger partial charge on any atom is 0.418 e. The van der Waals surface area contributed by atoms with Crippen molar-refractivity contribution in [1.82, 2.24) is 9.78 Å². The van der Waals surface area contributed by atoms with Gasteiger partial charge in [0.2, 0.25) is 10.0 Å². The standard InChI is InChI=1S/C16H16F3N3O2S/c17-16(18,19)13-9-12(11-5-2-1-3-6-11)10-14(25(20,23)24)15(13)22-8-4-7-21-22/h4-5,7-10H,1-3,6H2,(H2,20,23,24). The molecule has 1 aromatic heterocycles. The number of sulfonamides is 1. The lowest BCUT2D eigenvalue weighted by molar-refractivity contribution is -0.137. The molecule has 2 aromatic rings. The third-order valence-electron chi connectivity index (χ3n) is 4.08. The molecule has 0 aliphatic heterocycles. The van der Waals surface area contributed by atoms with Gasteiger partial charge in [0.15, 0.2) is 0 Å². The Morgan fingerprint density at radius 2 is 1.96 bits per heavy atom. The van der Waals surface area contributed by atoms with Gasteiger partial charge in [-0.3, -0.25) is 0 Å². The van der Waals surface area contributed by atoms with Crippen LogP contribution in [-0.2, 0) is 16.2 Å². The molecule has 0 saturated heterocycles. The number of allylic oxidation sites excluding steroid dienone is 2. The van der Waals surface area contributed by atoms with E-state index >= 15 is 0 Å². The zero-order valence-corrected chi connectivity index (χ0v) is 13.9. The van der Waals surface area contributed by atoms with E-state index in [2.05, 4.69) is 5.10 Å². The first kappa shape index (κ1) is 17.7. The van der Waals surface area contributed by atoms with E-state index in [0.29, 0.717) is 12.0 Å². The zero-order valence-electron chi connectivity index (χ0n) is 13.1. The van der Waals surface area contributed by atoms with Gasteiger partial charge in [-0.2, -0.15) is 18.3 Å². The number of aromatic nitrogens is 2. The van der Waals surface area contributed by atoms with E-state index in [9.17, 15) is 21.6 Å². The first-order valence-electron chi connectivity index (χ1n) is 7.65. The maximum atomic E-state index is 13.7. The Labute approximate surface area is 143 Å². The number of rotatable bonds is 3. The van der Waals surface area contributed by atoms with Crippen molar-refractivity contribution in [2.24, 2.45) is 5.14 Å². The molecule has 1 aliphatic rings. The van der Waals surface area contributed by atoms with E-state index in [1.54, 1.807) is 0 Å². The molecule has 1 aliphatic carbocycles. The van der Waals surface area contributed by atoms with Crippen LogP contribution in [0.4, 0.5) is 13.2 Å². The summed E-state index contributed by atoms with van der Waals surface area (Å²) < 4.78 is 65.9. The van der Waals surface area contributed by atoms with Gasteiger partial charge in [0.1, 0.15) is 4.90 Å². The number of alkyl halides is 3. The van der Waals surface area contributed by atoms with Crippen LogP contribution >= 0.6 is 0 Å². The summed E-state index contributed by atoms with van der Waals surface area (Å²) in [5.74, 6) is 0. The summed E-state index contributed by atoms with van der Waals surface area (Å²) in [6.45, 7) is 0. The summed E-state index contributed by atoms with van der Waals surface area (Å²) >= 11 is 0. The van der Waals surface area contributed by atoms with Gasteiger partial charge in [-0.05, 0) is 55.0 Å². The number of halogens is 3. The molecule has 3 rings (SSSR count). The van der Waals surface area contributed by atoms with Gasteiger partial charge in [0, 0.05) is 12.4 Å². The highest BCUT2D eigenvalue weighted by Crippen LogP contribution is 2.40. The molecule has 0 spiro atoms. The highest BCUT2D eigenvalue weighted by molar-refractivity contribution is 7.89. The van der Waals surface area contributed by atoms with E-state index in [1.165, 1.54) is 24.5 Å². The molecule has 2 N–H and O–H groups in total. The second kappa shape index (κ2) is 6.30. The minimum Gasteiger partial charge on any atom is -0.239 e. The molecule has 0 saturated carbocycles. The van der Waals surface area contributed by atoms with Crippen LogP contribution < -0.4 is 5.14 Å². The Bertz CT molecular complexity index is 917. The third-order valence-corrected chi connectivity index (χ3v) is 5.01. The Kier molecular flexibility index (Phi) is 4.46. The topological polar surface area (TPSA) is 78.0 Å². The van der Waals surface area contributed by atoms with E-state index in [-0.39, 0.29) is 5.56 Å². The summed E-state index contributed by atoms with van der Waals surface area (Å²) in [6.07, 6.45) is 2.77. The minimum atomic E-state index is -4.76. The molecule has 0 amide bonds. The van der Waals surface area contributed by atoms with Crippen LogP contribution in [-0.4, -0.2) is 18.2 Å². The van der Waals surface area contributed by atoms with E-state index < -0.39 is 32.3 Å². The lowest BCUT2D eigenvalue weighted by Gasteiger charge is -2.20. The van der Waals surface area contributed by atoms with Gasteiger partial charge in [-0.25, -0.2) is 18.2 Å². The lowest BCUT2D eigenvalue weighted by Crippen LogP contribution is -2.20. The van der Waals surface area contributed by atoms with Crippen LogP contribution in [0.2, 0.25) is 0 Å². The van der Waals surface area contributed by atoms with E-state index in [0.717, 1.165) is 30.0 Å². The number of benzene rings is 1. The van der Waals surface area contributed by atoms with Gasteiger partial charge in [0.25, 0.3) is 0 Å². The van der Waals surface area contributed by atoms with Crippen molar-refractivity contribution >= 4 is 15.6 Å². The quantitative estimate of drug-likeness (QED) is 0.897. The van der Waals surface area contributed by atoms with Crippen LogP contribution in [0.5, 0.6) is 0 Å². The fourth-order valence-corrected chi connectivity index (χ4v) is 3.73. The van der Waals surface area contributed by atoms with Crippen molar-refractivity contribution in [3.05, 3.63) is 47.8 Å². The van der Waals surface area contributed by atoms with Crippen molar-refractivity contribution in [1.29, 1.82) is 0 Å². The molecule has 0 bridgehead atoms. The normalized spacial score (nSPS) is 15.9. The highest BCUT2D eigenvalue weighted by Gasteiger charge is 2.38. The predicted molar refractivity (Wildman–Crippen MR) is 86.4 cm³/mol. The van der Waals surface area contributed by atoms with Gasteiger partial charge in [-0.15, -0.1) is 0 Å². The molecule has 1 aromatic carbocycles. The Morgan fingerprint density at radius 3 is 2.48 bits per heavy atom. The molecule has 0 atom stereocenters. The second-order valence-corrected chi connectivity index (χ2v) is 7.37. The van der Waals surface area contributed by atoms with E-state index in [1.807, 2.05) is 6.08 Å². The largest absolute Gasteiger partial charge is 0.418 e. The Balaban J connectivity index is 2.35. The molecule has 9 heteroatoms. The number of hydrogen-bond donors (Lipinski definition) is 1. The van der Waals surface area contributed by atoms with Crippen LogP contribution in [0.25, 0.3) is 11.3 Å². The second-order valence-electron chi connectivity index (χ2n) is 5.84. The summed E-state index contributed by atoms with van der Waals surface area (Å²) in [5.41, 5.74) is -0.732. The molecule has 0 fully saturated rings. The number of nitrogens with zero attached hydrogens (tertiary/aromatic N) is 2. The summed E-state index contributed by atoms with van der Waals surface area (Å²) in [6, 6.07) is 3.59. The smallest absolute Gasteiger partial charge is 0.239 e. The summed E-state index contributed by atoms with van der Waals surface area (Å²) in [4.78, 5) is -0.590. The van der Waals surface area contributed by atoms with Crippen molar-refractivity contribution in [2.75, 3.05) is 0 Å². The SMILES string of the molecule is NS(=O)(=O)c1cc(C2=CCCCC2)cc(C(F)(F)F)c1-n1cccn1.